The summed E-state index contributed by atoms with van der Waals surface area (Å²) in [6, 6.07) is 10.4. The number of nitrogens with one attached hydrogen (secondary N) is 1. The zero-order valence-corrected chi connectivity index (χ0v) is 21.4. The Hall–Kier alpha value is -3.04. The molecule has 0 saturated carbocycles. The average Bonchev–Trinajstić information content (AvgIpc) is 3.28. The number of amides is 2. The minimum absolute atomic E-state index is 0.0519. The molecule has 1 saturated heterocycles. The van der Waals surface area contributed by atoms with Gasteiger partial charge in [-0.3, -0.25) is 23.9 Å². The first-order valence-corrected chi connectivity index (χ1v) is 13.7. The van der Waals surface area contributed by atoms with Crippen LogP contribution in [0.3, 0.4) is 0 Å². The van der Waals surface area contributed by atoms with Gasteiger partial charge in [0, 0.05) is 50.6 Å². The molecule has 0 unspecified atom stereocenters. The van der Waals surface area contributed by atoms with Gasteiger partial charge in [0.25, 0.3) is 5.56 Å². The molecule has 190 valence electrons. The largest absolute Gasteiger partial charge is 0.355 e. The molecular weight excluding hydrogens is 474 g/mol. The van der Waals surface area contributed by atoms with Crippen molar-refractivity contribution in [2.45, 2.75) is 51.6 Å². The minimum atomic E-state index is -0.232. The summed E-state index contributed by atoms with van der Waals surface area (Å²) >= 11 is 1.61. The summed E-state index contributed by atoms with van der Waals surface area (Å²) in [4.78, 5) is 48.9. The highest BCUT2D eigenvalue weighted by atomic mass is 32.1. The first kappa shape index (κ1) is 24.6. The highest BCUT2D eigenvalue weighted by molar-refractivity contribution is 7.18. The van der Waals surface area contributed by atoms with Crippen LogP contribution >= 0.6 is 11.3 Å². The van der Waals surface area contributed by atoms with Gasteiger partial charge in [0.1, 0.15) is 11.4 Å². The van der Waals surface area contributed by atoms with Crippen molar-refractivity contribution in [1.82, 2.24) is 24.7 Å². The van der Waals surface area contributed by atoms with Crippen LogP contribution in [-0.4, -0.2) is 63.9 Å². The van der Waals surface area contributed by atoms with E-state index in [9.17, 15) is 14.4 Å². The molecule has 0 radical (unpaired) electrons. The molecule has 36 heavy (non-hydrogen) atoms. The topological polar surface area (TPSA) is 87.5 Å². The lowest BCUT2D eigenvalue weighted by molar-refractivity contribution is -0.133. The number of aryl methyl sites for hydroxylation is 2. The Morgan fingerprint density at radius 1 is 1.03 bits per heavy atom. The highest BCUT2D eigenvalue weighted by Crippen LogP contribution is 2.33. The summed E-state index contributed by atoms with van der Waals surface area (Å²) in [7, 11) is 0. The molecule has 9 heteroatoms. The van der Waals surface area contributed by atoms with Gasteiger partial charge < -0.3 is 10.2 Å². The van der Waals surface area contributed by atoms with E-state index in [1.165, 1.54) is 21.3 Å². The van der Waals surface area contributed by atoms with Gasteiger partial charge in [-0.1, -0.05) is 30.3 Å². The fourth-order valence-electron chi connectivity index (χ4n) is 5.13. The van der Waals surface area contributed by atoms with E-state index >= 15 is 0 Å². The molecule has 5 rings (SSSR count). The standard InChI is InChI=1S/C27H33N5O3S/c33-23(18-32-19-29-26-25(27(32)35)21-9-4-5-10-22(21)36-26)28-12-6-11-24(34)31-15-13-30(14-16-31)17-20-7-2-1-3-8-20/h1-3,7-8,19H,4-6,9-18H2,(H,28,33). The van der Waals surface area contributed by atoms with E-state index < -0.39 is 0 Å². The Morgan fingerprint density at radius 2 is 1.81 bits per heavy atom. The van der Waals surface area contributed by atoms with Crippen LogP contribution in [-0.2, 0) is 35.5 Å². The Bertz CT molecular complexity index is 1280. The number of piperazine rings is 1. The predicted octanol–water partition coefficient (Wildman–Crippen LogP) is 2.58. The molecule has 0 bridgehead atoms. The number of fused-ring (bicyclic) bond motifs is 3. The van der Waals surface area contributed by atoms with Crippen molar-refractivity contribution < 1.29 is 9.59 Å². The van der Waals surface area contributed by atoms with Crippen LogP contribution < -0.4 is 10.9 Å². The van der Waals surface area contributed by atoms with Crippen molar-refractivity contribution >= 4 is 33.4 Å². The maximum absolute atomic E-state index is 13.0. The number of thiophene rings is 1. The molecule has 2 aromatic heterocycles. The van der Waals surface area contributed by atoms with E-state index in [4.69, 9.17) is 0 Å². The summed E-state index contributed by atoms with van der Waals surface area (Å²) in [6.45, 7) is 4.50. The zero-order chi connectivity index (χ0) is 24.9. The van der Waals surface area contributed by atoms with Crippen molar-refractivity contribution in [3.63, 3.8) is 0 Å². The van der Waals surface area contributed by atoms with E-state index in [1.807, 2.05) is 11.0 Å². The molecule has 8 nitrogen and oxygen atoms in total. The Kier molecular flexibility index (Phi) is 7.77. The second-order valence-electron chi connectivity index (χ2n) is 9.66. The van der Waals surface area contributed by atoms with Crippen LogP contribution in [0.2, 0.25) is 0 Å². The molecule has 1 aliphatic carbocycles. The monoisotopic (exact) mass is 507 g/mol. The SMILES string of the molecule is O=C(Cn1cnc2sc3c(c2c1=O)CCCC3)NCCCC(=O)N1CCN(Cc2ccccc2)CC1. The summed E-state index contributed by atoms with van der Waals surface area (Å²) in [5, 5.41) is 3.55. The van der Waals surface area contributed by atoms with E-state index in [0.717, 1.165) is 68.8 Å². The number of hydrogen-bond donors (Lipinski definition) is 1. The smallest absolute Gasteiger partial charge is 0.262 e. The van der Waals surface area contributed by atoms with E-state index in [-0.39, 0.29) is 23.9 Å². The molecule has 2 aliphatic rings. The molecule has 1 fully saturated rings. The molecule has 3 heterocycles. The van der Waals surface area contributed by atoms with Gasteiger partial charge in [0.2, 0.25) is 11.8 Å². The predicted molar refractivity (Wildman–Crippen MR) is 141 cm³/mol. The van der Waals surface area contributed by atoms with Crippen LogP contribution in [0, 0.1) is 0 Å². The Balaban J connectivity index is 1.04. The summed E-state index contributed by atoms with van der Waals surface area (Å²) < 4.78 is 1.40. The third kappa shape index (κ3) is 5.68. The van der Waals surface area contributed by atoms with Crippen LogP contribution in [0.4, 0.5) is 0 Å². The van der Waals surface area contributed by atoms with Gasteiger partial charge in [0.05, 0.1) is 11.7 Å². The van der Waals surface area contributed by atoms with Gasteiger partial charge in [0.15, 0.2) is 0 Å². The number of benzene rings is 1. The zero-order valence-electron chi connectivity index (χ0n) is 20.6. The molecule has 1 aromatic carbocycles. The number of carbonyl (C=O) groups is 2. The van der Waals surface area contributed by atoms with E-state index in [1.54, 1.807) is 11.3 Å². The Labute approximate surface area is 214 Å². The summed E-state index contributed by atoms with van der Waals surface area (Å²) in [5.41, 5.74) is 2.30. The molecule has 2 amide bonds. The summed E-state index contributed by atoms with van der Waals surface area (Å²) in [5.74, 6) is -0.0963. The average molecular weight is 508 g/mol. The van der Waals surface area contributed by atoms with Crippen molar-refractivity contribution in [2.75, 3.05) is 32.7 Å². The van der Waals surface area contributed by atoms with Gasteiger partial charge in [-0.25, -0.2) is 4.98 Å². The third-order valence-electron chi connectivity index (χ3n) is 7.12. The van der Waals surface area contributed by atoms with Gasteiger partial charge >= 0.3 is 0 Å². The van der Waals surface area contributed by atoms with Gasteiger partial charge in [-0.15, -0.1) is 11.3 Å². The van der Waals surface area contributed by atoms with Crippen LogP contribution in [0.15, 0.2) is 41.5 Å². The number of carbonyl (C=O) groups excluding carboxylic acids is 2. The lowest BCUT2D eigenvalue weighted by Crippen LogP contribution is -2.48. The maximum atomic E-state index is 13.0. The first-order chi connectivity index (χ1) is 17.6. The molecule has 0 spiro atoms. The molecular formula is C27H33N5O3S. The van der Waals surface area contributed by atoms with Gasteiger partial charge in [-0.2, -0.15) is 0 Å². The normalized spacial score (nSPS) is 16.2. The number of hydrogen-bond acceptors (Lipinski definition) is 6. The van der Waals surface area contributed by atoms with Crippen LogP contribution in [0.5, 0.6) is 0 Å². The van der Waals surface area contributed by atoms with E-state index in [2.05, 4.69) is 39.5 Å². The molecule has 3 aromatic rings. The van der Waals surface area contributed by atoms with Crippen molar-refractivity contribution in [3.05, 3.63) is 63.0 Å². The van der Waals surface area contributed by atoms with Crippen LogP contribution in [0.1, 0.15) is 41.7 Å². The van der Waals surface area contributed by atoms with Gasteiger partial charge in [-0.05, 0) is 43.2 Å². The lowest BCUT2D eigenvalue weighted by atomic mass is 9.97. The number of aromatic nitrogens is 2. The second-order valence-corrected chi connectivity index (χ2v) is 10.7. The lowest BCUT2D eigenvalue weighted by Gasteiger charge is -2.34. The first-order valence-electron chi connectivity index (χ1n) is 12.9. The number of nitrogens with zero attached hydrogens (tertiary/aromatic N) is 4. The fraction of sp³-hybridized carbons (Fsp3) is 0.481. The third-order valence-corrected chi connectivity index (χ3v) is 8.32. The second kappa shape index (κ2) is 11.3. The maximum Gasteiger partial charge on any atom is 0.262 e. The van der Waals surface area contributed by atoms with E-state index in [0.29, 0.717) is 24.8 Å². The number of rotatable bonds is 8. The minimum Gasteiger partial charge on any atom is -0.355 e. The van der Waals surface area contributed by atoms with Crippen molar-refractivity contribution in [2.24, 2.45) is 0 Å². The van der Waals surface area contributed by atoms with Crippen molar-refractivity contribution in [1.29, 1.82) is 0 Å². The molecule has 1 aliphatic heterocycles. The fourth-order valence-corrected chi connectivity index (χ4v) is 6.35. The molecule has 1 N–H and O–H groups in total. The molecule has 0 atom stereocenters. The Morgan fingerprint density at radius 3 is 2.61 bits per heavy atom. The quantitative estimate of drug-likeness (QED) is 0.474. The summed E-state index contributed by atoms with van der Waals surface area (Å²) in [6.07, 6.45) is 6.65. The van der Waals surface area contributed by atoms with Crippen molar-refractivity contribution in [3.8, 4) is 0 Å². The highest BCUT2D eigenvalue weighted by Gasteiger charge is 2.22. The van der Waals surface area contributed by atoms with Crippen LogP contribution in [0.25, 0.3) is 10.2 Å².